The average molecular weight is 262 g/mol. The molecule has 0 saturated heterocycles. The smallest absolute Gasteiger partial charge is 0.259 e. The van der Waals surface area contributed by atoms with E-state index < -0.39 is 23.2 Å². The van der Waals surface area contributed by atoms with Gasteiger partial charge in [0.2, 0.25) is 0 Å². The number of para-hydroxylation sites is 1. The lowest BCUT2D eigenvalue weighted by molar-refractivity contribution is 0.102. The third kappa shape index (κ3) is 2.74. The Kier molecular flexibility index (Phi) is 3.24. The molecule has 1 amide bonds. The lowest BCUT2D eigenvalue weighted by atomic mass is 10.1. The maximum Gasteiger partial charge on any atom is 0.259 e. The van der Waals surface area contributed by atoms with E-state index in [2.05, 4.69) is 5.32 Å². The van der Waals surface area contributed by atoms with Crippen molar-refractivity contribution in [2.45, 2.75) is 0 Å². The molecule has 2 aromatic carbocycles. The highest BCUT2D eigenvalue weighted by molar-refractivity contribution is 6.06. The minimum atomic E-state index is -0.682. The van der Waals surface area contributed by atoms with Gasteiger partial charge in [-0.1, -0.05) is 6.07 Å². The Morgan fingerprint density at radius 2 is 1.95 bits per heavy atom. The van der Waals surface area contributed by atoms with Gasteiger partial charge in [-0.05, 0) is 30.3 Å². The maximum atomic E-state index is 13.1. The van der Waals surface area contributed by atoms with Crippen LogP contribution in [0.25, 0.3) is 0 Å². The number of hydrogen-bond acceptors (Lipinski definition) is 4. The van der Waals surface area contributed by atoms with E-state index in [4.69, 9.17) is 5.73 Å². The fourth-order valence-electron chi connectivity index (χ4n) is 1.60. The van der Waals surface area contributed by atoms with Crippen LogP contribution in [0.3, 0.4) is 0 Å². The number of benzene rings is 2. The zero-order chi connectivity index (χ0) is 14.0. The first kappa shape index (κ1) is 12.7. The van der Waals surface area contributed by atoms with Gasteiger partial charge in [0.15, 0.2) is 11.5 Å². The van der Waals surface area contributed by atoms with Crippen molar-refractivity contribution in [3.05, 3.63) is 47.8 Å². The Labute approximate surface area is 108 Å². The Balaban J connectivity index is 2.28. The van der Waals surface area contributed by atoms with Crippen molar-refractivity contribution >= 4 is 17.3 Å². The zero-order valence-electron chi connectivity index (χ0n) is 9.72. The number of carbonyl (C=O) groups excluding carboxylic acids is 1. The molecule has 98 valence electrons. The van der Waals surface area contributed by atoms with E-state index in [-0.39, 0.29) is 16.9 Å². The zero-order valence-corrected chi connectivity index (χ0v) is 9.72. The first-order valence-corrected chi connectivity index (χ1v) is 5.36. The summed E-state index contributed by atoms with van der Waals surface area (Å²) in [5, 5.41) is 21.2. The molecule has 2 aromatic rings. The summed E-state index contributed by atoms with van der Waals surface area (Å²) in [6.07, 6.45) is 0. The third-order valence-corrected chi connectivity index (χ3v) is 2.44. The highest BCUT2D eigenvalue weighted by Gasteiger charge is 2.14. The number of nitrogens with two attached hydrogens (primary N) is 1. The SMILES string of the molecule is Nc1cc(F)cc(NC(=O)c2cccc(O)c2O)c1. The third-order valence-electron chi connectivity index (χ3n) is 2.44. The average Bonchev–Trinajstić information content (AvgIpc) is 2.31. The second-order valence-electron chi connectivity index (χ2n) is 3.90. The fourth-order valence-corrected chi connectivity index (χ4v) is 1.60. The van der Waals surface area contributed by atoms with Crippen molar-refractivity contribution < 1.29 is 19.4 Å². The molecule has 0 heterocycles. The summed E-state index contributed by atoms with van der Waals surface area (Å²) in [5.74, 6) is -2.22. The van der Waals surface area contributed by atoms with E-state index in [1.54, 1.807) is 0 Å². The van der Waals surface area contributed by atoms with Gasteiger partial charge in [0.25, 0.3) is 5.91 Å². The first-order valence-electron chi connectivity index (χ1n) is 5.36. The summed E-state index contributed by atoms with van der Waals surface area (Å²) in [7, 11) is 0. The fraction of sp³-hybridized carbons (Fsp3) is 0. The Hall–Kier alpha value is -2.76. The number of halogens is 1. The standard InChI is InChI=1S/C13H11FN2O3/c14-7-4-8(15)6-9(5-7)16-13(19)10-2-1-3-11(17)12(10)18/h1-6,17-18H,15H2,(H,16,19). The molecule has 19 heavy (non-hydrogen) atoms. The van der Waals surface area contributed by atoms with E-state index >= 15 is 0 Å². The number of phenolic OH excluding ortho intramolecular Hbond substituents is 2. The largest absolute Gasteiger partial charge is 0.504 e. The van der Waals surface area contributed by atoms with Crippen LogP contribution in [0.2, 0.25) is 0 Å². The Bertz CT molecular complexity index is 624. The van der Waals surface area contributed by atoms with Crippen LogP contribution in [-0.4, -0.2) is 16.1 Å². The summed E-state index contributed by atoms with van der Waals surface area (Å²) in [4.78, 5) is 11.9. The first-order chi connectivity index (χ1) is 8.97. The van der Waals surface area contributed by atoms with Gasteiger partial charge in [0.1, 0.15) is 5.82 Å². The van der Waals surface area contributed by atoms with Gasteiger partial charge in [0, 0.05) is 11.4 Å². The molecule has 0 bridgehead atoms. The summed E-state index contributed by atoms with van der Waals surface area (Å²) < 4.78 is 13.1. The predicted molar refractivity (Wildman–Crippen MR) is 68.5 cm³/mol. The number of rotatable bonds is 2. The molecule has 0 radical (unpaired) electrons. The molecule has 0 saturated carbocycles. The van der Waals surface area contributed by atoms with Gasteiger partial charge >= 0.3 is 0 Å². The quantitative estimate of drug-likeness (QED) is 0.492. The molecule has 0 atom stereocenters. The molecule has 0 aliphatic carbocycles. The van der Waals surface area contributed by atoms with Gasteiger partial charge in [0.05, 0.1) is 5.56 Å². The molecule has 0 aromatic heterocycles. The van der Waals surface area contributed by atoms with Crippen molar-refractivity contribution in [1.82, 2.24) is 0 Å². The molecule has 5 N–H and O–H groups in total. The Morgan fingerprint density at radius 3 is 2.63 bits per heavy atom. The second kappa shape index (κ2) is 4.85. The van der Waals surface area contributed by atoms with Crippen molar-refractivity contribution in [2.24, 2.45) is 0 Å². The number of hydrogen-bond donors (Lipinski definition) is 4. The van der Waals surface area contributed by atoms with Crippen molar-refractivity contribution in [3.8, 4) is 11.5 Å². The highest BCUT2D eigenvalue weighted by atomic mass is 19.1. The number of carbonyl (C=O) groups is 1. The van der Waals surface area contributed by atoms with E-state index in [1.165, 1.54) is 24.3 Å². The number of amides is 1. The minimum absolute atomic E-state index is 0.122. The van der Waals surface area contributed by atoms with Crippen LogP contribution < -0.4 is 11.1 Å². The number of anilines is 2. The summed E-state index contributed by atoms with van der Waals surface area (Å²) >= 11 is 0. The second-order valence-corrected chi connectivity index (χ2v) is 3.90. The number of nitrogen functional groups attached to an aromatic ring is 1. The molecule has 0 spiro atoms. The molecule has 0 unspecified atom stereocenters. The maximum absolute atomic E-state index is 13.1. The molecule has 6 heteroatoms. The van der Waals surface area contributed by atoms with E-state index in [0.717, 1.165) is 12.1 Å². The van der Waals surface area contributed by atoms with Crippen molar-refractivity contribution in [3.63, 3.8) is 0 Å². The van der Waals surface area contributed by atoms with Gasteiger partial charge in [-0.25, -0.2) is 4.39 Å². The van der Waals surface area contributed by atoms with Crippen molar-refractivity contribution in [2.75, 3.05) is 11.1 Å². The van der Waals surface area contributed by atoms with Gasteiger partial charge < -0.3 is 21.3 Å². The van der Waals surface area contributed by atoms with Gasteiger partial charge in [-0.2, -0.15) is 0 Å². The van der Waals surface area contributed by atoms with Crippen LogP contribution in [-0.2, 0) is 0 Å². The van der Waals surface area contributed by atoms with E-state index in [0.29, 0.717) is 0 Å². The predicted octanol–water partition coefficient (Wildman–Crippen LogP) is 2.07. The number of nitrogens with one attached hydrogen (secondary N) is 1. The molecular weight excluding hydrogens is 251 g/mol. The minimum Gasteiger partial charge on any atom is -0.504 e. The molecule has 2 rings (SSSR count). The molecule has 0 fully saturated rings. The summed E-state index contributed by atoms with van der Waals surface area (Å²) in [6.45, 7) is 0. The van der Waals surface area contributed by atoms with Crippen LogP contribution in [0, 0.1) is 5.82 Å². The van der Waals surface area contributed by atoms with E-state index in [1.807, 2.05) is 0 Å². The number of phenols is 2. The normalized spacial score (nSPS) is 10.2. The van der Waals surface area contributed by atoms with Gasteiger partial charge in [-0.3, -0.25) is 4.79 Å². The molecule has 5 nitrogen and oxygen atoms in total. The lowest BCUT2D eigenvalue weighted by Crippen LogP contribution is -2.12. The molecular formula is C13H11FN2O3. The van der Waals surface area contributed by atoms with Crippen LogP contribution in [0.5, 0.6) is 11.5 Å². The van der Waals surface area contributed by atoms with Crippen LogP contribution in [0.1, 0.15) is 10.4 Å². The lowest BCUT2D eigenvalue weighted by Gasteiger charge is -2.08. The Morgan fingerprint density at radius 1 is 1.21 bits per heavy atom. The van der Waals surface area contributed by atoms with Gasteiger partial charge in [-0.15, -0.1) is 0 Å². The van der Waals surface area contributed by atoms with E-state index in [9.17, 15) is 19.4 Å². The van der Waals surface area contributed by atoms with Crippen LogP contribution in [0.4, 0.5) is 15.8 Å². The summed E-state index contributed by atoms with van der Waals surface area (Å²) in [6, 6.07) is 7.56. The summed E-state index contributed by atoms with van der Waals surface area (Å²) in [5.41, 5.74) is 5.64. The monoisotopic (exact) mass is 262 g/mol. The number of aromatic hydroxyl groups is 2. The van der Waals surface area contributed by atoms with Crippen LogP contribution >= 0.6 is 0 Å². The molecule has 0 aliphatic rings. The highest BCUT2D eigenvalue weighted by Crippen LogP contribution is 2.29. The molecule has 0 aliphatic heterocycles. The van der Waals surface area contributed by atoms with Crippen LogP contribution in [0.15, 0.2) is 36.4 Å². The van der Waals surface area contributed by atoms with Crippen molar-refractivity contribution in [1.29, 1.82) is 0 Å². The topological polar surface area (TPSA) is 95.6 Å².